The van der Waals surface area contributed by atoms with E-state index in [0.29, 0.717) is 0 Å². The van der Waals surface area contributed by atoms with E-state index in [1.165, 1.54) is 21.7 Å². The maximum Gasteiger partial charge on any atom is 0.414 e. The number of rotatable bonds is 8. The van der Waals surface area contributed by atoms with Crippen LogP contribution in [0.4, 0.5) is 14.9 Å². The molecule has 2 aromatic rings. The van der Waals surface area contributed by atoms with E-state index in [9.17, 15) is 17.6 Å². The molecule has 12 heteroatoms. The third-order valence-corrected chi connectivity index (χ3v) is 7.27. The number of carbonyl (C=O) groups excluding carboxylic acids is 1. The lowest BCUT2D eigenvalue weighted by molar-refractivity contribution is 0.107. The highest BCUT2D eigenvalue weighted by molar-refractivity contribution is 7.85. The maximum atomic E-state index is 15.0. The number of carbonyl (C=O) groups is 1. The van der Waals surface area contributed by atoms with Gasteiger partial charge in [-0.05, 0) is 37.1 Å². The summed E-state index contributed by atoms with van der Waals surface area (Å²) in [5.74, 6) is -0.575. The molecule has 2 heterocycles. The Bertz CT molecular complexity index is 1130. The molecule has 0 spiro atoms. The van der Waals surface area contributed by atoms with E-state index in [2.05, 4.69) is 30.1 Å². The number of anilines is 1. The van der Waals surface area contributed by atoms with Crippen molar-refractivity contribution in [3.05, 3.63) is 42.0 Å². The van der Waals surface area contributed by atoms with Gasteiger partial charge in [0, 0.05) is 11.8 Å². The van der Waals surface area contributed by atoms with Crippen LogP contribution in [-0.4, -0.2) is 59.6 Å². The Balaban J connectivity index is 1.73. The summed E-state index contributed by atoms with van der Waals surface area (Å²) in [5, 5.41) is 4.43. The SMILES string of the molecule is CC(C)(C)[SiH2]OC(C)(C)c1cnn(-c2ccc(N3C[C@H](COS(C)(=O)=O)OC3=O)cc2F)c1. The van der Waals surface area contributed by atoms with Gasteiger partial charge in [0.15, 0.2) is 15.6 Å². The lowest BCUT2D eigenvalue weighted by Crippen LogP contribution is -2.27. The van der Waals surface area contributed by atoms with Crippen LogP contribution >= 0.6 is 0 Å². The van der Waals surface area contributed by atoms with E-state index in [0.717, 1.165) is 11.8 Å². The summed E-state index contributed by atoms with van der Waals surface area (Å²) in [6, 6.07) is 4.31. The Labute approximate surface area is 195 Å². The smallest absolute Gasteiger partial charge is 0.414 e. The quantitative estimate of drug-likeness (QED) is 0.407. The number of cyclic esters (lactones) is 1. The van der Waals surface area contributed by atoms with Gasteiger partial charge in [0.25, 0.3) is 10.1 Å². The summed E-state index contributed by atoms with van der Waals surface area (Å²) in [6.45, 7) is 10.1. The van der Waals surface area contributed by atoms with Gasteiger partial charge in [-0.1, -0.05) is 20.8 Å². The van der Waals surface area contributed by atoms with Crippen LogP contribution in [-0.2, 0) is 29.1 Å². The van der Waals surface area contributed by atoms with Crippen molar-refractivity contribution in [3.8, 4) is 5.69 Å². The molecule has 0 radical (unpaired) electrons. The summed E-state index contributed by atoms with van der Waals surface area (Å²) in [6.07, 6.45) is 2.83. The van der Waals surface area contributed by atoms with Crippen molar-refractivity contribution in [3.63, 3.8) is 0 Å². The average Bonchev–Trinajstić information content (AvgIpc) is 3.31. The van der Waals surface area contributed by atoms with Crippen molar-refractivity contribution >= 4 is 31.7 Å². The summed E-state index contributed by atoms with van der Waals surface area (Å²) in [7, 11) is -4.46. The molecule has 1 atom stereocenters. The highest BCUT2D eigenvalue weighted by Gasteiger charge is 2.34. The largest absolute Gasteiger partial charge is 0.441 e. The average molecular weight is 500 g/mol. The minimum absolute atomic E-state index is 0.0439. The van der Waals surface area contributed by atoms with Crippen molar-refractivity contribution in [1.29, 1.82) is 0 Å². The summed E-state index contributed by atoms with van der Waals surface area (Å²) < 4.78 is 54.7. The van der Waals surface area contributed by atoms with Crippen molar-refractivity contribution in [2.45, 2.75) is 51.4 Å². The maximum absolute atomic E-state index is 15.0. The van der Waals surface area contributed by atoms with Gasteiger partial charge in [-0.2, -0.15) is 13.5 Å². The van der Waals surface area contributed by atoms with Gasteiger partial charge in [-0.3, -0.25) is 9.08 Å². The zero-order valence-electron chi connectivity index (χ0n) is 19.7. The number of halogens is 1. The summed E-state index contributed by atoms with van der Waals surface area (Å²) in [4.78, 5) is 13.4. The van der Waals surface area contributed by atoms with Gasteiger partial charge in [0.1, 0.15) is 18.4 Å². The monoisotopic (exact) mass is 499 g/mol. The number of hydrogen-bond acceptors (Lipinski definition) is 7. The third-order valence-electron chi connectivity index (χ3n) is 4.98. The topological polar surface area (TPSA) is 100.0 Å². The zero-order chi connectivity index (χ0) is 24.6. The Hall–Kier alpha value is -2.28. The molecule has 9 nitrogen and oxygen atoms in total. The highest BCUT2D eigenvalue weighted by Crippen LogP contribution is 2.30. The zero-order valence-corrected chi connectivity index (χ0v) is 21.9. The predicted molar refractivity (Wildman–Crippen MR) is 124 cm³/mol. The molecule has 0 aliphatic carbocycles. The number of aromatic nitrogens is 2. The third kappa shape index (κ3) is 6.62. The van der Waals surface area contributed by atoms with Crippen molar-refractivity contribution in [2.24, 2.45) is 0 Å². The molecule has 1 aliphatic heterocycles. The van der Waals surface area contributed by atoms with Gasteiger partial charge in [-0.25, -0.2) is 13.9 Å². The van der Waals surface area contributed by atoms with Crippen LogP contribution in [0.15, 0.2) is 30.6 Å². The van der Waals surface area contributed by atoms with E-state index in [-0.39, 0.29) is 29.6 Å². The van der Waals surface area contributed by atoms with Crippen LogP contribution in [0.3, 0.4) is 0 Å². The molecule has 1 aromatic heterocycles. The van der Waals surface area contributed by atoms with E-state index in [1.807, 2.05) is 13.8 Å². The lowest BCUT2D eigenvalue weighted by atomic mass is 10.0. The number of ether oxygens (including phenoxy) is 1. The van der Waals surface area contributed by atoms with Crippen molar-refractivity contribution < 1.29 is 30.9 Å². The summed E-state index contributed by atoms with van der Waals surface area (Å²) in [5.41, 5.74) is 0.796. The second kappa shape index (κ2) is 9.16. The van der Waals surface area contributed by atoms with Crippen LogP contribution in [0, 0.1) is 5.82 Å². The molecule has 1 saturated heterocycles. The fraction of sp³-hybridized carbons (Fsp3) is 0.524. The molecule has 182 valence electrons. The minimum atomic E-state index is -3.66. The van der Waals surface area contributed by atoms with Crippen molar-refractivity contribution in [1.82, 2.24) is 9.78 Å². The standard InChI is InChI=1S/C21H30FN3O6SSi/c1-20(2,3)33-31-21(4,5)14-10-23-25(11-14)18-8-7-15(9-17(18)22)24-12-16(30-19(24)26)13-29-32(6,27)28/h7-11,16H,12-13,33H2,1-6H3/t16-/m1/s1. The molecule has 1 fully saturated rings. The normalized spacial score (nSPS) is 17.8. The molecule has 1 amide bonds. The lowest BCUT2D eigenvalue weighted by Gasteiger charge is -2.29. The molecule has 1 aromatic carbocycles. The van der Waals surface area contributed by atoms with E-state index >= 15 is 0 Å². The van der Waals surface area contributed by atoms with E-state index < -0.39 is 43.5 Å². The molecule has 3 rings (SSSR count). The molecule has 0 saturated carbocycles. The second-order valence-corrected chi connectivity index (χ2v) is 14.1. The molecular weight excluding hydrogens is 469 g/mol. The van der Waals surface area contributed by atoms with Gasteiger partial charge >= 0.3 is 6.09 Å². The van der Waals surface area contributed by atoms with Crippen LogP contribution < -0.4 is 4.90 Å². The minimum Gasteiger partial charge on any atom is -0.441 e. The van der Waals surface area contributed by atoms with Crippen molar-refractivity contribution in [2.75, 3.05) is 24.3 Å². The van der Waals surface area contributed by atoms with Gasteiger partial charge in [-0.15, -0.1) is 0 Å². The van der Waals surface area contributed by atoms with Crippen LogP contribution in [0.2, 0.25) is 5.04 Å². The van der Waals surface area contributed by atoms with Crippen LogP contribution in [0.25, 0.3) is 5.69 Å². The fourth-order valence-electron chi connectivity index (χ4n) is 3.11. The predicted octanol–water partition coefficient (Wildman–Crippen LogP) is 2.87. The van der Waals surface area contributed by atoms with Gasteiger partial charge in [0.05, 0.1) is 30.3 Å². The molecule has 1 aliphatic rings. The first-order valence-electron chi connectivity index (χ1n) is 10.5. The second-order valence-electron chi connectivity index (χ2n) is 9.77. The van der Waals surface area contributed by atoms with Crippen LogP contribution in [0.1, 0.15) is 40.2 Å². The molecule has 0 N–H and O–H groups in total. The van der Waals surface area contributed by atoms with Gasteiger partial charge in [0.2, 0.25) is 0 Å². The van der Waals surface area contributed by atoms with E-state index in [4.69, 9.17) is 9.16 Å². The first-order chi connectivity index (χ1) is 15.1. The first kappa shape index (κ1) is 25.3. The van der Waals surface area contributed by atoms with E-state index in [1.54, 1.807) is 18.5 Å². The molecule has 0 bridgehead atoms. The number of hydrogen-bond donors (Lipinski definition) is 0. The Morgan fingerprint density at radius 2 is 1.97 bits per heavy atom. The molecular formula is C21H30FN3O6SSi. The van der Waals surface area contributed by atoms with Crippen LogP contribution in [0.5, 0.6) is 0 Å². The number of amides is 1. The number of benzene rings is 1. The molecule has 0 unspecified atom stereocenters. The number of nitrogens with zero attached hydrogens (tertiary/aromatic N) is 3. The fourth-order valence-corrected chi connectivity index (χ4v) is 4.47. The Morgan fingerprint density at radius 1 is 1.27 bits per heavy atom. The first-order valence-corrected chi connectivity index (χ1v) is 13.6. The Kier molecular flexibility index (Phi) is 7.04. The Morgan fingerprint density at radius 3 is 2.58 bits per heavy atom. The highest BCUT2D eigenvalue weighted by atomic mass is 32.2. The van der Waals surface area contributed by atoms with Gasteiger partial charge < -0.3 is 9.16 Å². The summed E-state index contributed by atoms with van der Waals surface area (Å²) >= 11 is 0. The molecule has 33 heavy (non-hydrogen) atoms.